The normalized spacial score (nSPS) is 26.4. The van der Waals surface area contributed by atoms with Crippen molar-refractivity contribution in [1.29, 1.82) is 0 Å². The van der Waals surface area contributed by atoms with E-state index in [1.165, 1.54) is 36.1 Å². The van der Waals surface area contributed by atoms with Gasteiger partial charge in [-0.3, -0.25) is 4.90 Å². The van der Waals surface area contributed by atoms with E-state index in [1.54, 1.807) is 0 Å². The highest BCUT2D eigenvalue weighted by Crippen LogP contribution is 2.31. The quantitative estimate of drug-likeness (QED) is 0.902. The molecule has 0 saturated carbocycles. The SMILES string of the molecule is Cc1ccc(C(CN)N2CC(C)CCC2C)c(C)c1. The number of hydrogen-bond acceptors (Lipinski definition) is 2. The highest BCUT2D eigenvalue weighted by atomic mass is 15.2. The molecular formula is C17H28N2. The number of aryl methyl sites for hydroxylation is 2. The van der Waals surface area contributed by atoms with Crippen LogP contribution in [0.3, 0.4) is 0 Å². The zero-order valence-electron chi connectivity index (χ0n) is 12.8. The minimum absolute atomic E-state index is 0.373. The zero-order chi connectivity index (χ0) is 14.0. The van der Waals surface area contributed by atoms with Gasteiger partial charge in [0.15, 0.2) is 0 Å². The number of rotatable bonds is 3. The van der Waals surface area contributed by atoms with Gasteiger partial charge in [-0.2, -0.15) is 0 Å². The molecule has 1 aliphatic rings. The second-order valence-corrected chi connectivity index (χ2v) is 6.34. The van der Waals surface area contributed by atoms with E-state index in [2.05, 4.69) is 50.8 Å². The first kappa shape index (κ1) is 14.5. The van der Waals surface area contributed by atoms with Gasteiger partial charge < -0.3 is 5.73 Å². The molecule has 19 heavy (non-hydrogen) atoms. The van der Waals surface area contributed by atoms with Crippen molar-refractivity contribution < 1.29 is 0 Å². The first-order valence-electron chi connectivity index (χ1n) is 7.56. The maximum absolute atomic E-state index is 6.11. The standard InChI is InChI=1S/C17H28N2/c1-12-6-8-16(14(3)9-12)17(10-18)19-11-13(2)5-7-15(19)4/h6,8-9,13,15,17H,5,7,10-11,18H2,1-4H3. The first-order chi connectivity index (χ1) is 9.02. The van der Waals surface area contributed by atoms with Crippen molar-refractivity contribution in [2.75, 3.05) is 13.1 Å². The summed E-state index contributed by atoms with van der Waals surface area (Å²) in [7, 11) is 0. The topological polar surface area (TPSA) is 29.3 Å². The van der Waals surface area contributed by atoms with E-state index < -0.39 is 0 Å². The van der Waals surface area contributed by atoms with Crippen molar-refractivity contribution in [2.45, 2.75) is 52.6 Å². The first-order valence-corrected chi connectivity index (χ1v) is 7.56. The molecule has 0 amide bonds. The zero-order valence-corrected chi connectivity index (χ0v) is 12.8. The van der Waals surface area contributed by atoms with Gasteiger partial charge in [-0.15, -0.1) is 0 Å². The van der Waals surface area contributed by atoms with Crippen LogP contribution in [0.25, 0.3) is 0 Å². The molecule has 0 spiro atoms. The molecule has 1 aliphatic heterocycles. The van der Waals surface area contributed by atoms with E-state index in [0.717, 1.165) is 5.92 Å². The van der Waals surface area contributed by atoms with Gasteiger partial charge in [0, 0.05) is 25.2 Å². The average molecular weight is 260 g/mol. The van der Waals surface area contributed by atoms with Gasteiger partial charge in [0.2, 0.25) is 0 Å². The van der Waals surface area contributed by atoms with Crippen molar-refractivity contribution in [2.24, 2.45) is 11.7 Å². The van der Waals surface area contributed by atoms with Gasteiger partial charge in [0.1, 0.15) is 0 Å². The van der Waals surface area contributed by atoms with Crippen LogP contribution in [-0.4, -0.2) is 24.0 Å². The Hall–Kier alpha value is -0.860. The molecule has 106 valence electrons. The summed E-state index contributed by atoms with van der Waals surface area (Å²) in [5.74, 6) is 0.788. The number of likely N-dealkylation sites (tertiary alicyclic amines) is 1. The van der Waals surface area contributed by atoms with E-state index in [9.17, 15) is 0 Å². The van der Waals surface area contributed by atoms with E-state index in [4.69, 9.17) is 5.73 Å². The Bertz CT molecular complexity index is 427. The van der Waals surface area contributed by atoms with Crippen LogP contribution in [0.5, 0.6) is 0 Å². The Morgan fingerprint density at radius 3 is 2.63 bits per heavy atom. The van der Waals surface area contributed by atoms with Crippen LogP contribution < -0.4 is 5.73 Å². The monoisotopic (exact) mass is 260 g/mol. The Morgan fingerprint density at radius 2 is 2.00 bits per heavy atom. The molecule has 3 atom stereocenters. The third-order valence-electron chi connectivity index (χ3n) is 4.57. The summed E-state index contributed by atoms with van der Waals surface area (Å²) < 4.78 is 0. The van der Waals surface area contributed by atoms with Crippen LogP contribution in [0, 0.1) is 19.8 Å². The van der Waals surface area contributed by atoms with E-state index in [-0.39, 0.29) is 0 Å². The highest BCUT2D eigenvalue weighted by Gasteiger charge is 2.29. The lowest BCUT2D eigenvalue weighted by atomic mass is 9.90. The van der Waals surface area contributed by atoms with Gasteiger partial charge in [0.05, 0.1) is 0 Å². The summed E-state index contributed by atoms with van der Waals surface area (Å²) in [4.78, 5) is 2.62. The second kappa shape index (κ2) is 6.06. The predicted octanol–water partition coefficient (Wildman–Crippen LogP) is 3.42. The van der Waals surface area contributed by atoms with Crippen molar-refractivity contribution in [3.63, 3.8) is 0 Å². The van der Waals surface area contributed by atoms with Gasteiger partial charge in [-0.25, -0.2) is 0 Å². The minimum atomic E-state index is 0.373. The van der Waals surface area contributed by atoms with Crippen molar-refractivity contribution >= 4 is 0 Å². The fourth-order valence-electron chi connectivity index (χ4n) is 3.40. The van der Waals surface area contributed by atoms with Crippen LogP contribution >= 0.6 is 0 Å². The van der Waals surface area contributed by atoms with E-state index >= 15 is 0 Å². The molecule has 2 rings (SSSR count). The molecule has 1 aromatic carbocycles. The number of nitrogens with two attached hydrogens (primary N) is 1. The summed E-state index contributed by atoms with van der Waals surface area (Å²) in [5, 5.41) is 0. The summed E-state index contributed by atoms with van der Waals surface area (Å²) >= 11 is 0. The molecule has 2 heteroatoms. The lowest BCUT2D eigenvalue weighted by molar-refractivity contribution is 0.0795. The molecule has 0 aromatic heterocycles. The van der Waals surface area contributed by atoms with E-state index in [0.29, 0.717) is 18.6 Å². The predicted molar refractivity (Wildman–Crippen MR) is 82.3 cm³/mol. The largest absolute Gasteiger partial charge is 0.329 e. The Morgan fingerprint density at radius 1 is 1.26 bits per heavy atom. The molecule has 3 unspecified atom stereocenters. The Kier molecular flexibility index (Phi) is 4.64. The van der Waals surface area contributed by atoms with Crippen LogP contribution in [0.2, 0.25) is 0 Å². The molecule has 1 saturated heterocycles. The fraction of sp³-hybridized carbons (Fsp3) is 0.647. The van der Waals surface area contributed by atoms with Gasteiger partial charge in [-0.05, 0) is 50.7 Å². The van der Waals surface area contributed by atoms with Crippen LogP contribution in [0.1, 0.15) is 49.4 Å². The highest BCUT2D eigenvalue weighted by molar-refractivity contribution is 5.33. The molecule has 0 radical (unpaired) electrons. The average Bonchev–Trinajstić information content (AvgIpc) is 2.36. The third kappa shape index (κ3) is 3.18. The maximum Gasteiger partial charge on any atom is 0.0476 e. The number of hydrogen-bond donors (Lipinski definition) is 1. The van der Waals surface area contributed by atoms with Gasteiger partial charge in [-0.1, -0.05) is 30.7 Å². The fourth-order valence-corrected chi connectivity index (χ4v) is 3.40. The van der Waals surface area contributed by atoms with Gasteiger partial charge >= 0.3 is 0 Å². The Balaban J connectivity index is 2.27. The lowest BCUT2D eigenvalue weighted by Gasteiger charge is -2.42. The minimum Gasteiger partial charge on any atom is -0.329 e. The van der Waals surface area contributed by atoms with Crippen molar-refractivity contribution in [3.8, 4) is 0 Å². The van der Waals surface area contributed by atoms with Crippen LogP contribution in [0.4, 0.5) is 0 Å². The molecule has 0 bridgehead atoms. The number of benzene rings is 1. The number of nitrogens with zero attached hydrogens (tertiary/aromatic N) is 1. The molecule has 1 aromatic rings. The summed E-state index contributed by atoms with van der Waals surface area (Å²) in [6.07, 6.45) is 2.64. The summed E-state index contributed by atoms with van der Waals surface area (Å²) in [6.45, 7) is 11.0. The molecule has 1 fully saturated rings. The number of piperidine rings is 1. The summed E-state index contributed by atoms with van der Waals surface area (Å²) in [6, 6.07) is 7.77. The van der Waals surface area contributed by atoms with E-state index in [1.807, 2.05) is 0 Å². The third-order valence-corrected chi connectivity index (χ3v) is 4.57. The second-order valence-electron chi connectivity index (χ2n) is 6.34. The van der Waals surface area contributed by atoms with Crippen LogP contribution in [0.15, 0.2) is 18.2 Å². The van der Waals surface area contributed by atoms with Gasteiger partial charge in [0.25, 0.3) is 0 Å². The maximum atomic E-state index is 6.11. The smallest absolute Gasteiger partial charge is 0.0476 e. The van der Waals surface area contributed by atoms with Crippen molar-refractivity contribution in [1.82, 2.24) is 4.90 Å². The lowest BCUT2D eigenvalue weighted by Crippen LogP contribution is -2.45. The van der Waals surface area contributed by atoms with Crippen molar-refractivity contribution in [3.05, 3.63) is 34.9 Å². The molecule has 2 N–H and O–H groups in total. The molecule has 2 nitrogen and oxygen atoms in total. The molecular weight excluding hydrogens is 232 g/mol. The molecule has 1 heterocycles. The summed E-state index contributed by atoms with van der Waals surface area (Å²) in [5.41, 5.74) is 10.2. The van der Waals surface area contributed by atoms with Crippen LogP contribution in [-0.2, 0) is 0 Å². The Labute approximate surface area is 118 Å². The molecule has 0 aliphatic carbocycles.